The van der Waals surface area contributed by atoms with E-state index >= 15 is 0 Å². The van der Waals surface area contributed by atoms with Crippen molar-refractivity contribution in [3.8, 4) is 0 Å². The molecule has 1 aliphatic rings. The Morgan fingerprint density at radius 1 is 1.33 bits per heavy atom. The predicted molar refractivity (Wildman–Crippen MR) is 79.5 cm³/mol. The Labute approximate surface area is 118 Å². The van der Waals surface area contributed by atoms with Gasteiger partial charge in [0.25, 0.3) is 0 Å². The van der Waals surface area contributed by atoms with Crippen molar-refractivity contribution in [3.63, 3.8) is 0 Å². The number of nitrogens with one attached hydrogen (secondary N) is 1. The molecule has 0 saturated heterocycles. The minimum atomic E-state index is 0.789. The van der Waals surface area contributed by atoms with Crippen LogP contribution in [0.15, 0.2) is 4.34 Å². The van der Waals surface area contributed by atoms with Gasteiger partial charge in [-0.2, -0.15) is 4.37 Å². The molecular formula is C13H23N3S2. The average Bonchev–Trinajstić information content (AvgIpc) is 2.87. The van der Waals surface area contributed by atoms with Gasteiger partial charge >= 0.3 is 0 Å². The summed E-state index contributed by atoms with van der Waals surface area (Å²) >= 11 is 3.39. The van der Waals surface area contributed by atoms with Gasteiger partial charge in [0.05, 0.1) is 0 Å². The molecule has 1 heterocycles. The Hall–Kier alpha value is -0.130. The molecular weight excluding hydrogens is 262 g/mol. The topological polar surface area (TPSA) is 37.8 Å². The minimum absolute atomic E-state index is 0.789. The Balaban J connectivity index is 1.52. The number of hydrogen-bond acceptors (Lipinski definition) is 5. The minimum Gasteiger partial charge on any atom is -0.314 e. The first-order chi connectivity index (χ1) is 8.88. The maximum absolute atomic E-state index is 4.47. The highest BCUT2D eigenvalue weighted by Gasteiger charge is 2.11. The first-order valence-corrected chi connectivity index (χ1v) is 8.83. The van der Waals surface area contributed by atoms with Gasteiger partial charge in [-0.25, -0.2) is 4.98 Å². The summed E-state index contributed by atoms with van der Waals surface area (Å²) in [5, 5.41) is 3.68. The fourth-order valence-corrected chi connectivity index (χ4v) is 3.99. The van der Waals surface area contributed by atoms with Crippen LogP contribution in [0.2, 0.25) is 0 Å². The summed E-state index contributed by atoms with van der Waals surface area (Å²) in [7, 11) is 0. The second kappa shape index (κ2) is 8.12. The summed E-state index contributed by atoms with van der Waals surface area (Å²) in [4.78, 5) is 4.47. The van der Waals surface area contributed by atoms with Crippen molar-refractivity contribution in [2.45, 2.75) is 62.3 Å². The fourth-order valence-electron chi connectivity index (χ4n) is 2.28. The molecule has 1 N–H and O–H groups in total. The number of thioether (sulfide) groups is 1. The highest BCUT2D eigenvalue weighted by Crippen LogP contribution is 2.21. The van der Waals surface area contributed by atoms with Crippen molar-refractivity contribution in [3.05, 3.63) is 5.82 Å². The molecule has 0 atom stereocenters. The van der Waals surface area contributed by atoms with Crippen LogP contribution in [0.4, 0.5) is 0 Å². The van der Waals surface area contributed by atoms with Crippen molar-refractivity contribution in [1.29, 1.82) is 0 Å². The van der Waals surface area contributed by atoms with Crippen molar-refractivity contribution in [2.24, 2.45) is 0 Å². The summed E-state index contributed by atoms with van der Waals surface area (Å²) in [5.74, 6) is 2.14. The third kappa shape index (κ3) is 4.86. The van der Waals surface area contributed by atoms with Gasteiger partial charge in [-0.15, -0.1) is 0 Å². The van der Waals surface area contributed by atoms with Crippen molar-refractivity contribution in [2.75, 3.05) is 12.3 Å². The molecule has 5 heteroatoms. The Morgan fingerprint density at radius 3 is 2.89 bits per heavy atom. The lowest BCUT2D eigenvalue weighted by molar-refractivity contribution is 0.375. The molecule has 0 radical (unpaired) electrons. The number of aromatic nitrogens is 2. The van der Waals surface area contributed by atoms with E-state index in [1.54, 1.807) is 11.5 Å². The zero-order valence-corrected chi connectivity index (χ0v) is 12.8. The Bertz CT molecular complexity index is 335. The van der Waals surface area contributed by atoms with Gasteiger partial charge in [0.15, 0.2) is 4.34 Å². The van der Waals surface area contributed by atoms with Crippen LogP contribution in [0.5, 0.6) is 0 Å². The summed E-state index contributed by atoms with van der Waals surface area (Å²) in [6, 6.07) is 0.789. The van der Waals surface area contributed by atoms with Crippen LogP contribution >= 0.6 is 23.3 Å². The highest BCUT2D eigenvalue weighted by atomic mass is 32.2. The van der Waals surface area contributed by atoms with Gasteiger partial charge in [0.1, 0.15) is 5.82 Å². The highest BCUT2D eigenvalue weighted by molar-refractivity contribution is 8.00. The molecule has 0 unspecified atom stereocenters. The summed E-state index contributed by atoms with van der Waals surface area (Å²) < 4.78 is 5.43. The molecule has 2 rings (SSSR count). The fraction of sp³-hybridized carbons (Fsp3) is 0.846. The lowest BCUT2D eigenvalue weighted by Gasteiger charge is -2.22. The van der Waals surface area contributed by atoms with E-state index in [4.69, 9.17) is 0 Å². The molecule has 0 aliphatic heterocycles. The average molecular weight is 285 g/mol. The summed E-state index contributed by atoms with van der Waals surface area (Å²) in [5.41, 5.74) is 0. The van der Waals surface area contributed by atoms with Crippen molar-refractivity contribution >= 4 is 23.3 Å². The molecule has 102 valence electrons. The van der Waals surface area contributed by atoms with Crippen LogP contribution in [0, 0.1) is 0 Å². The monoisotopic (exact) mass is 285 g/mol. The van der Waals surface area contributed by atoms with Gasteiger partial charge in [0, 0.05) is 18.2 Å². The van der Waals surface area contributed by atoms with Crippen LogP contribution < -0.4 is 5.32 Å². The third-order valence-corrected chi connectivity index (χ3v) is 5.31. The number of hydrogen-bond donors (Lipinski definition) is 1. The van der Waals surface area contributed by atoms with E-state index in [9.17, 15) is 0 Å². The van der Waals surface area contributed by atoms with E-state index in [-0.39, 0.29) is 0 Å². The van der Waals surface area contributed by atoms with Crippen molar-refractivity contribution < 1.29 is 0 Å². The third-order valence-electron chi connectivity index (χ3n) is 3.35. The summed E-state index contributed by atoms with van der Waals surface area (Å²) in [6.45, 7) is 3.25. The molecule has 1 saturated carbocycles. The molecule has 1 aromatic heterocycles. The van der Waals surface area contributed by atoms with Crippen LogP contribution in [0.1, 0.15) is 51.3 Å². The van der Waals surface area contributed by atoms with E-state index in [0.29, 0.717) is 0 Å². The maximum Gasteiger partial charge on any atom is 0.170 e. The summed E-state index contributed by atoms with van der Waals surface area (Å²) in [6.07, 6.45) is 9.19. The van der Waals surface area contributed by atoms with Crippen LogP contribution in [-0.2, 0) is 6.42 Å². The largest absolute Gasteiger partial charge is 0.314 e. The second-order valence-corrected chi connectivity index (χ2v) is 6.92. The van der Waals surface area contributed by atoms with Gasteiger partial charge in [-0.05, 0) is 37.3 Å². The smallest absolute Gasteiger partial charge is 0.170 e. The van der Waals surface area contributed by atoms with Gasteiger partial charge < -0.3 is 5.32 Å². The number of aryl methyl sites for hydroxylation is 1. The van der Waals surface area contributed by atoms with Crippen LogP contribution in [0.25, 0.3) is 0 Å². The molecule has 0 bridgehead atoms. The first-order valence-electron chi connectivity index (χ1n) is 7.07. The molecule has 1 aliphatic carbocycles. The van der Waals surface area contributed by atoms with Gasteiger partial charge in [-0.3, -0.25) is 0 Å². The SMILES string of the molecule is CCc1nsc(SCCCNC2CCCCC2)n1. The van der Waals surface area contributed by atoms with E-state index in [1.807, 2.05) is 11.8 Å². The number of nitrogens with zero attached hydrogens (tertiary/aromatic N) is 2. The van der Waals surface area contributed by atoms with Gasteiger partial charge in [0.2, 0.25) is 0 Å². The standard InChI is InChI=1S/C13H23N3S2/c1-2-12-15-13(18-16-12)17-10-6-9-14-11-7-4-3-5-8-11/h11,14H,2-10H2,1H3. The van der Waals surface area contributed by atoms with Crippen LogP contribution in [0.3, 0.4) is 0 Å². The van der Waals surface area contributed by atoms with E-state index in [2.05, 4.69) is 21.6 Å². The van der Waals surface area contributed by atoms with E-state index < -0.39 is 0 Å². The predicted octanol–water partition coefficient (Wildman–Crippen LogP) is 3.51. The Kier molecular flexibility index (Phi) is 6.45. The normalized spacial score (nSPS) is 17.2. The number of rotatable bonds is 7. The van der Waals surface area contributed by atoms with Gasteiger partial charge in [-0.1, -0.05) is 37.9 Å². The molecule has 18 heavy (non-hydrogen) atoms. The van der Waals surface area contributed by atoms with Crippen molar-refractivity contribution in [1.82, 2.24) is 14.7 Å². The van der Waals surface area contributed by atoms with E-state index in [0.717, 1.165) is 34.9 Å². The molecule has 0 amide bonds. The lowest BCUT2D eigenvalue weighted by Crippen LogP contribution is -2.31. The first kappa shape index (κ1) is 14.3. The van der Waals surface area contributed by atoms with E-state index in [1.165, 1.54) is 38.5 Å². The zero-order chi connectivity index (χ0) is 12.6. The molecule has 1 fully saturated rings. The van der Waals surface area contributed by atoms with Crippen LogP contribution in [-0.4, -0.2) is 27.7 Å². The quantitative estimate of drug-likeness (QED) is 0.614. The maximum atomic E-state index is 4.47. The lowest BCUT2D eigenvalue weighted by atomic mass is 9.95. The molecule has 3 nitrogen and oxygen atoms in total. The molecule has 0 aromatic carbocycles. The second-order valence-electron chi connectivity index (χ2n) is 4.82. The molecule has 0 spiro atoms. The molecule has 1 aromatic rings. The zero-order valence-electron chi connectivity index (χ0n) is 11.2. The Morgan fingerprint density at radius 2 is 2.17 bits per heavy atom.